The summed E-state index contributed by atoms with van der Waals surface area (Å²) in [5.41, 5.74) is 0.406. The van der Waals surface area contributed by atoms with Gasteiger partial charge in [0.15, 0.2) is 11.4 Å². The van der Waals surface area contributed by atoms with Crippen molar-refractivity contribution in [2.75, 3.05) is 0 Å². The van der Waals surface area contributed by atoms with E-state index in [4.69, 9.17) is 4.74 Å². The monoisotopic (exact) mass is 271 g/mol. The molecule has 5 nitrogen and oxygen atoms in total. The second-order valence-electron chi connectivity index (χ2n) is 5.17. The summed E-state index contributed by atoms with van der Waals surface area (Å²) in [6.45, 7) is 0. The van der Waals surface area contributed by atoms with Crippen molar-refractivity contribution in [3.05, 3.63) is 35.9 Å². The Labute approximate surface area is 117 Å². The van der Waals surface area contributed by atoms with Crippen molar-refractivity contribution in [3.8, 4) is 0 Å². The van der Waals surface area contributed by atoms with Crippen molar-refractivity contribution in [2.45, 2.75) is 37.7 Å². The van der Waals surface area contributed by atoms with Crippen LogP contribution < -0.4 is 5.32 Å². The number of hydrogen-bond acceptors (Lipinski definition) is 4. The lowest BCUT2D eigenvalue weighted by Gasteiger charge is -2.29. The van der Waals surface area contributed by atoms with Crippen molar-refractivity contribution in [3.63, 3.8) is 0 Å². The normalized spacial score (nSPS) is 23.2. The van der Waals surface area contributed by atoms with Crippen LogP contribution in [0.1, 0.15) is 37.7 Å². The van der Waals surface area contributed by atoms with Crippen LogP contribution in [0.5, 0.6) is 0 Å². The van der Waals surface area contributed by atoms with Gasteiger partial charge in [0.25, 0.3) is 0 Å². The largest absolute Gasteiger partial charge is 0.434 e. The minimum Gasteiger partial charge on any atom is -0.434 e. The number of nitrogens with one attached hydrogen (secondary N) is 1. The zero-order valence-corrected chi connectivity index (χ0v) is 11.2. The van der Waals surface area contributed by atoms with Gasteiger partial charge in [0.2, 0.25) is 0 Å². The first-order chi connectivity index (χ1) is 9.78. The van der Waals surface area contributed by atoms with Gasteiger partial charge in [0.05, 0.1) is 6.21 Å². The van der Waals surface area contributed by atoms with Crippen LogP contribution in [0.4, 0.5) is 4.79 Å². The van der Waals surface area contributed by atoms with E-state index in [1.807, 2.05) is 30.3 Å². The third kappa shape index (κ3) is 2.57. The van der Waals surface area contributed by atoms with Crippen molar-refractivity contribution in [1.29, 1.82) is 0 Å². The van der Waals surface area contributed by atoms with E-state index in [-0.39, 0.29) is 0 Å². The standard InChI is InChI=1S/C15H17N3O2/c19-14-17-13(15(20-14)9-5-2-6-10-15)18-16-11-12-7-3-1-4-8-12/h1,3-4,7-8,11H,2,5-6,9-10H2,(H,17,18,19)/b16-11-. The summed E-state index contributed by atoms with van der Waals surface area (Å²) in [7, 11) is 0. The lowest BCUT2D eigenvalue weighted by molar-refractivity contribution is 0.0567. The summed E-state index contributed by atoms with van der Waals surface area (Å²) < 4.78 is 5.45. The average Bonchev–Trinajstić information content (AvgIpc) is 2.76. The fraction of sp³-hybridized carbons (Fsp3) is 0.400. The SMILES string of the molecule is O=C1N/C(=N\N=C/c2ccccc2)C2(CCCCC2)O1. The third-order valence-electron chi connectivity index (χ3n) is 3.77. The molecule has 1 aliphatic carbocycles. The molecule has 0 radical (unpaired) electrons. The van der Waals surface area contributed by atoms with Crippen molar-refractivity contribution in [1.82, 2.24) is 5.32 Å². The third-order valence-corrected chi connectivity index (χ3v) is 3.77. The molecule has 1 heterocycles. The summed E-state index contributed by atoms with van der Waals surface area (Å²) in [5.74, 6) is 0.550. The maximum atomic E-state index is 11.5. The van der Waals surface area contributed by atoms with Crippen LogP contribution in [-0.4, -0.2) is 23.7 Å². The highest BCUT2D eigenvalue weighted by Gasteiger charge is 2.47. The van der Waals surface area contributed by atoms with Gasteiger partial charge in [0.1, 0.15) is 0 Å². The van der Waals surface area contributed by atoms with E-state index in [2.05, 4.69) is 15.5 Å². The minimum atomic E-state index is -0.566. The smallest absolute Gasteiger partial charge is 0.413 e. The van der Waals surface area contributed by atoms with E-state index >= 15 is 0 Å². The zero-order chi connectivity index (χ0) is 13.8. The molecule has 1 spiro atoms. The summed E-state index contributed by atoms with van der Waals surface area (Å²) in [5, 5.41) is 10.9. The number of amidine groups is 1. The molecule has 20 heavy (non-hydrogen) atoms. The molecule has 1 aliphatic heterocycles. The molecule has 2 aliphatic rings. The summed E-state index contributed by atoms with van der Waals surface area (Å²) in [6.07, 6.45) is 6.19. The molecule has 1 N–H and O–H groups in total. The highest BCUT2D eigenvalue weighted by atomic mass is 16.6. The van der Waals surface area contributed by atoms with Crippen LogP contribution in [0, 0.1) is 0 Å². The molecular formula is C15H17N3O2. The molecule has 1 saturated carbocycles. The molecule has 0 bridgehead atoms. The number of nitrogens with zero attached hydrogens (tertiary/aromatic N) is 2. The Hall–Kier alpha value is -2.17. The van der Waals surface area contributed by atoms with E-state index < -0.39 is 11.7 Å². The molecule has 1 saturated heterocycles. The molecule has 0 unspecified atom stereocenters. The fourth-order valence-corrected chi connectivity index (χ4v) is 2.73. The first-order valence-electron chi connectivity index (χ1n) is 6.95. The van der Waals surface area contributed by atoms with Crippen molar-refractivity contribution >= 4 is 18.1 Å². The Morgan fingerprint density at radius 2 is 1.90 bits per heavy atom. The number of alkyl carbamates (subject to hydrolysis) is 1. The maximum absolute atomic E-state index is 11.5. The van der Waals surface area contributed by atoms with E-state index in [1.165, 1.54) is 6.42 Å². The number of carbonyl (C=O) groups excluding carboxylic acids is 1. The summed E-state index contributed by atoms with van der Waals surface area (Å²) in [6, 6.07) is 9.73. The first kappa shape index (κ1) is 12.8. The van der Waals surface area contributed by atoms with E-state index in [9.17, 15) is 4.79 Å². The van der Waals surface area contributed by atoms with Gasteiger partial charge in [-0.25, -0.2) is 4.79 Å². The molecule has 0 atom stereocenters. The second-order valence-corrected chi connectivity index (χ2v) is 5.17. The van der Waals surface area contributed by atoms with Gasteiger partial charge in [-0.05, 0) is 31.2 Å². The van der Waals surface area contributed by atoms with Crippen molar-refractivity contribution in [2.24, 2.45) is 10.2 Å². The number of rotatable bonds is 2. The zero-order valence-electron chi connectivity index (χ0n) is 11.2. The minimum absolute atomic E-state index is 0.416. The average molecular weight is 271 g/mol. The van der Waals surface area contributed by atoms with Gasteiger partial charge in [-0.1, -0.05) is 36.8 Å². The second kappa shape index (κ2) is 5.45. The molecule has 104 valence electrons. The van der Waals surface area contributed by atoms with Gasteiger partial charge < -0.3 is 4.74 Å². The van der Waals surface area contributed by atoms with Crippen LogP contribution in [0.25, 0.3) is 0 Å². The predicted molar refractivity (Wildman–Crippen MR) is 76.9 cm³/mol. The van der Waals surface area contributed by atoms with Crippen molar-refractivity contribution < 1.29 is 9.53 Å². The Bertz CT molecular complexity index is 545. The van der Waals surface area contributed by atoms with Crippen LogP contribution >= 0.6 is 0 Å². The first-order valence-corrected chi connectivity index (χ1v) is 6.95. The molecule has 5 heteroatoms. The summed E-state index contributed by atoms with van der Waals surface area (Å²) in [4.78, 5) is 11.5. The number of hydrogen-bond donors (Lipinski definition) is 1. The Morgan fingerprint density at radius 1 is 1.15 bits per heavy atom. The van der Waals surface area contributed by atoms with E-state index in [0.29, 0.717) is 5.84 Å². The maximum Gasteiger partial charge on any atom is 0.413 e. The summed E-state index contributed by atoms with van der Waals surface area (Å²) >= 11 is 0. The lowest BCUT2D eigenvalue weighted by atomic mass is 9.84. The highest BCUT2D eigenvalue weighted by Crippen LogP contribution is 2.35. The Kier molecular flexibility index (Phi) is 3.50. The molecule has 1 amide bonds. The van der Waals surface area contributed by atoms with Gasteiger partial charge in [0, 0.05) is 0 Å². The lowest BCUT2D eigenvalue weighted by Crippen LogP contribution is -2.41. The Morgan fingerprint density at radius 3 is 2.65 bits per heavy atom. The van der Waals surface area contributed by atoms with Gasteiger partial charge >= 0.3 is 6.09 Å². The highest BCUT2D eigenvalue weighted by molar-refractivity contribution is 6.06. The fourth-order valence-electron chi connectivity index (χ4n) is 2.73. The Balaban J connectivity index is 1.79. The molecule has 1 aromatic rings. The van der Waals surface area contributed by atoms with Gasteiger partial charge in [-0.2, -0.15) is 5.10 Å². The quantitative estimate of drug-likeness (QED) is 0.664. The van der Waals surface area contributed by atoms with E-state index in [0.717, 1.165) is 31.2 Å². The molecular weight excluding hydrogens is 254 g/mol. The number of benzene rings is 1. The van der Waals surface area contributed by atoms with Crippen LogP contribution in [0.2, 0.25) is 0 Å². The van der Waals surface area contributed by atoms with Gasteiger partial charge in [-0.3, -0.25) is 5.32 Å². The molecule has 1 aromatic carbocycles. The van der Waals surface area contributed by atoms with E-state index in [1.54, 1.807) is 6.21 Å². The van der Waals surface area contributed by atoms with Crippen LogP contribution in [-0.2, 0) is 4.74 Å². The number of ether oxygens (including phenoxy) is 1. The van der Waals surface area contributed by atoms with Crippen LogP contribution in [0.15, 0.2) is 40.5 Å². The van der Waals surface area contributed by atoms with Crippen LogP contribution in [0.3, 0.4) is 0 Å². The topological polar surface area (TPSA) is 63.0 Å². The predicted octanol–water partition coefficient (Wildman–Crippen LogP) is 2.86. The number of carbonyl (C=O) groups is 1. The van der Waals surface area contributed by atoms with Gasteiger partial charge in [-0.15, -0.1) is 5.10 Å². The molecule has 0 aromatic heterocycles. The number of amides is 1. The molecule has 3 rings (SSSR count). The molecule has 2 fully saturated rings.